The van der Waals surface area contributed by atoms with E-state index in [1.54, 1.807) is 0 Å². The molecule has 2 aliphatic carbocycles. The van der Waals surface area contributed by atoms with Crippen LogP contribution in [-0.2, 0) is 0 Å². The minimum Gasteiger partial charge on any atom is -0.423 e. The lowest BCUT2D eigenvalue weighted by Gasteiger charge is -2.29. The highest BCUT2D eigenvalue weighted by Crippen LogP contribution is 2.49. The Morgan fingerprint density at radius 1 is 1.28 bits per heavy atom. The molecule has 4 nitrogen and oxygen atoms in total. The highest BCUT2D eigenvalue weighted by Gasteiger charge is 2.41. The maximum atomic E-state index is 11.6. The van der Waals surface area contributed by atoms with Gasteiger partial charge in [0.05, 0.1) is 0 Å². The van der Waals surface area contributed by atoms with Crippen LogP contribution >= 0.6 is 12.2 Å². The minimum absolute atomic E-state index is 0.326. The third kappa shape index (κ3) is 3.30. The standard InChI is InChI=1S/C20H24N2O2S/c1-11-7-19(23)24-18-10-15(5-6-16(11)18)22-20(25)21-12(2)17-9-13-3-4-14(17)8-13/h5-7,10,12-14,17H,3-4,8-9H2,1-2H3,(H2,21,22,25)/t12-,13+,14+,17+/m0/s1. The lowest BCUT2D eigenvalue weighted by atomic mass is 9.84. The molecular formula is C20H24N2O2S. The summed E-state index contributed by atoms with van der Waals surface area (Å²) >= 11 is 5.49. The van der Waals surface area contributed by atoms with Crippen LogP contribution in [0.1, 0.15) is 38.2 Å². The molecule has 2 N–H and O–H groups in total. The Labute approximate surface area is 153 Å². The molecule has 0 unspecified atom stereocenters. The second-order valence-corrected chi connectivity index (χ2v) is 8.09. The molecule has 1 aromatic heterocycles. The molecule has 5 heteroatoms. The van der Waals surface area contributed by atoms with Crippen LogP contribution in [0.15, 0.2) is 33.5 Å². The van der Waals surface area contributed by atoms with Crippen LogP contribution in [0.3, 0.4) is 0 Å². The lowest BCUT2D eigenvalue weighted by Crippen LogP contribution is -2.42. The van der Waals surface area contributed by atoms with Gasteiger partial charge in [0, 0.05) is 29.2 Å². The van der Waals surface area contributed by atoms with Gasteiger partial charge in [-0.1, -0.05) is 6.42 Å². The van der Waals surface area contributed by atoms with E-state index in [0.29, 0.717) is 16.7 Å². The minimum atomic E-state index is -0.326. The number of thiocarbonyl (C=S) groups is 1. The smallest absolute Gasteiger partial charge is 0.336 e. The van der Waals surface area contributed by atoms with Crippen molar-refractivity contribution in [2.75, 3.05) is 5.32 Å². The van der Waals surface area contributed by atoms with Crippen LogP contribution in [0, 0.1) is 24.7 Å². The van der Waals surface area contributed by atoms with Gasteiger partial charge in [0.1, 0.15) is 5.58 Å². The fourth-order valence-electron chi connectivity index (χ4n) is 4.79. The van der Waals surface area contributed by atoms with Crippen molar-refractivity contribution in [3.8, 4) is 0 Å². The summed E-state index contributed by atoms with van der Waals surface area (Å²) in [6, 6.07) is 7.65. The fraction of sp³-hybridized carbons (Fsp3) is 0.500. The van der Waals surface area contributed by atoms with Crippen molar-refractivity contribution in [2.45, 2.75) is 45.6 Å². The first-order chi connectivity index (χ1) is 12.0. The van der Waals surface area contributed by atoms with Crippen molar-refractivity contribution >= 4 is 34.0 Å². The molecule has 25 heavy (non-hydrogen) atoms. The number of hydrogen-bond donors (Lipinski definition) is 2. The molecular weight excluding hydrogens is 332 g/mol. The third-order valence-corrected chi connectivity index (χ3v) is 6.22. The Morgan fingerprint density at radius 3 is 2.84 bits per heavy atom. The van der Waals surface area contributed by atoms with Crippen LogP contribution in [0.25, 0.3) is 11.0 Å². The molecule has 2 saturated carbocycles. The van der Waals surface area contributed by atoms with E-state index in [9.17, 15) is 4.79 Å². The summed E-state index contributed by atoms with van der Waals surface area (Å²) in [5.74, 6) is 2.54. The topological polar surface area (TPSA) is 54.3 Å². The van der Waals surface area contributed by atoms with Crippen LogP contribution < -0.4 is 16.3 Å². The predicted molar refractivity (Wildman–Crippen MR) is 105 cm³/mol. The van der Waals surface area contributed by atoms with Gasteiger partial charge < -0.3 is 15.1 Å². The number of benzene rings is 1. The van der Waals surface area contributed by atoms with E-state index in [4.69, 9.17) is 16.6 Å². The number of aryl methyl sites for hydroxylation is 1. The first kappa shape index (κ1) is 16.6. The molecule has 0 saturated heterocycles. The van der Waals surface area contributed by atoms with E-state index in [-0.39, 0.29) is 5.63 Å². The summed E-state index contributed by atoms with van der Waals surface area (Å²) < 4.78 is 5.30. The molecule has 2 aromatic rings. The van der Waals surface area contributed by atoms with Gasteiger partial charge in [-0.3, -0.25) is 0 Å². The molecule has 1 aromatic carbocycles. The quantitative estimate of drug-likeness (QED) is 0.637. The molecule has 132 valence electrons. The number of fused-ring (bicyclic) bond motifs is 3. The average molecular weight is 356 g/mol. The molecule has 0 radical (unpaired) electrons. The molecule has 0 spiro atoms. The molecule has 2 fully saturated rings. The van der Waals surface area contributed by atoms with Crippen molar-refractivity contribution < 1.29 is 4.42 Å². The van der Waals surface area contributed by atoms with Crippen molar-refractivity contribution in [3.63, 3.8) is 0 Å². The van der Waals surface area contributed by atoms with Gasteiger partial charge in [-0.2, -0.15) is 0 Å². The Balaban J connectivity index is 1.44. The van der Waals surface area contributed by atoms with E-state index < -0.39 is 0 Å². The maximum Gasteiger partial charge on any atom is 0.336 e. The summed E-state index contributed by atoms with van der Waals surface area (Å²) in [7, 11) is 0. The van der Waals surface area contributed by atoms with E-state index in [1.807, 2.05) is 25.1 Å². The Bertz CT molecular complexity index is 876. The lowest BCUT2D eigenvalue weighted by molar-refractivity contribution is 0.279. The monoisotopic (exact) mass is 356 g/mol. The van der Waals surface area contributed by atoms with Crippen molar-refractivity contribution in [3.05, 3.63) is 40.2 Å². The highest BCUT2D eigenvalue weighted by atomic mass is 32.1. The second kappa shape index (κ2) is 6.45. The summed E-state index contributed by atoms with van der Waals surface area (Å²) in [6.07, 6.45) is 5.53. The number of hydrogen-bond acceptors (Lipinski definition) is 3. The number of rotatable bonds is 3. The molecule has 0 aliphatic heterocycles. The fourth-order valence-corrected chi connectivity index (χ4v) is 5.09. The SMILES string of the molecule is Cc1cc(=O)oc2cc(NC(=S)N[C@@H](C)[C@H]3C[C@@H]4CC[C@@H]3C4)ccc12. The third-order valence-electron chi connectivity index (χ3n) is 6.00. The van der Waals surface area contributed by atoms with E-state index >= 15 is 0 Å². The zero-order valence-electron chi connectivity index (χ0n) is 14.7. The van der Waals surface area contributed by atoms with Crippen LogP contribution in [-0.4, -0.2) is 11.2 Å². The second-order valence-electron chi connectivity index (χ2n) is 7.69. The van der Waals surface area contributed by atoms with Gasteiger partial charge in [-0.15, -0.1) is 0 Å². The Morgan fingerprint density at radius 2 is 2.12 bits per heavy atom. The predicted octanol–water partition coefficient (Wildman–Crippen LogP) is 4.21. The van der Waals surface area contributed by atoms with Gasteiger partial charge in [0.25, 0.3) is 0 Å². The first-order valence-electron chi connectivity index (χ1n) is 9.11. The molecule has 2 aliphatic rings. The largest absolute Gasteiger partial charge is 0.423 e. The normalized spacial score (nSPS) is 25.9. The van der Waals surface area contributed by atoms with Gasteiger partial charge >= 0.3 is 5.63 Å². The van der Waals surface area contributed by atoms with E-state index in [0.717, 1.165) is 34.4 Å². The van der Waals surface area contributed by atoms with Crippen LogP contribution in [0.4, 0.5) is 5.69 Å². The van der Waals surface area contributed by atoms with E-state index in [1.165, 1.54) is 31.7 Å². The zero-order chi connectivity index (χ0) is 17.6. The summed E-state index contributed by atoms with van der Waals surface area (Å²) in [6.45, 7) is 4.15. The summed E-state index contributed by atoms with van der Waals surface area (Å²) in [4.78, 5) is 11.6. The first-order valence-corrected chi connectivity index (χ1v) is 9.52. The van der Waals surface area contributed by atoms with Crippen LogP contribution in [0.5, 0.6) is 0 Å². The molecule has 4 rings (SSSR count). The van der Waals surface area contributed by atoms with Gasteiger partial charge in [-0.25, -0.2) is 4.79 Å². The molecule has 0 amide bonds. The van der Waals surface area contributed by atoms with Crippen molar-refractivity contribution in [1.82, 2.24) is 5.32 Å². The molecule has 1 heterocycles. The average Bonchev–Trinajstić information content (AvgIpc) is 3.17. The molecule has 2 bridgehead atoms. The number of nitrogens with one attached hydrogen (secondary N) is 2. The van der Waals surface area contributed by atoms with Gasteiger partial charge in [-0.05, 0) is 80.8 Å². The van der Waals surface area contributed by atoms with Gasteiger partial charge in [0.15, 0.2) is 5.11 Å². The Kier molecular flexibility index (Phi) is 4.28. The number of anilines is 1. The Hall–Kier alpha value is -1.88. The van der Waals surface area contributed by atoms with Crippen molar-refractivity contribution in [1.29, 1.82) is 0 Å². The zero-order valence-corrected chi connectivity index (χ0v) is 15.5. The summed E-state index contributed by atoms with van der Waals surface area (Å²) in [5.41, 5.74) is 2.01. The molecule has 4 atom stereocenters. The van der Waals surface area contributed by atoms with Crippen LogP contribution in [0.2, 0.25) is 0 Å². The maximum absolute atomic E-state index is 11.6. The summed E-state index contributed by atoms with van der Waals surface area (Å²) in [5, 5.41) is 8.26. The van der Waals surface area contributed by atoms with Crippen molar-refractivity contribution in [2.24, 2.45) is 17.8 Å². The highest BCUT2D eigenvalue weighted by molar-refractivity contribution is 7.80. The van der Waals surface area contributed by atoms with Gasteiger partial charge in [0.2, 0.25) is 0 Å². The van der Waals surface area contributed by atoms with E-state index in [2.05, 4.69) is 17.6 Å².